The SMILES string of the molecule is C(C#CC#C[Si](c1ccc(-c2ccccc2)cc1)(c1ccc(-c2ccccc2)cc1)c1ccc(-c2ccccc2)cc1)#CC#C[Si](c1ccc(-c2ccccc2)cc1)(c1ccc(-c2ccccc2)cc1)c1ccc(-c2ccccc2)cc1. The third kappa shape index (κ3) is 11.2. The van der Waals surface area contributed by atoms with Crippen molar-refractivity contribution in [3.63, 3.8) is 0 Å². The van der Waals surface area contributed by atoms with Crippen molar-refractivity contribution in [1.82, 2.24) is 0 Å². The van der Waals surface area contributed by atoms with Crippen LogP contribution < -0.4 is 31.1 Å². The summed E-state index contributed by atoms with van der Waals surface area (Å²) in [7, 11) is -6.24. The Labute approximate surface area is 485 Å². The topological polar surface area (TPSA) is 0 Å². The second kappa shape index (κ2) is 24.5. The highest BCUT2D eigenvalue weighted by molar-refractivity contribution is 7.17. The molecule has 12 aromatic carbocycles. The van der Waals surface area contributed by atoms with E-state index in [4.69, 9.17) is 0 Å². The molecule has 0 N–H and O–H groups in total. The van der Waals surface area contributed by atoms with Gasteiger partial charge in [-0.15, -0.1) is 11.1 Å². The number of benzene rings is 12. The Morgan fingerprint density at radius 2 is 0.268 bits per heavy atom. The lowest BCUT2D eigenvalue weighted by molar-refractivity contribution is 1.61. The normalized spacial score (nSPS) is 10.8. The maximum atomic E-state index is 3.91. The number of hydrogen-bond acceptors (Lipinski definition) is 0. The van der Waals surface area contributed by atoms with Crippen molar-refractivity contribution in [2.75, 3.05) is 0 Å². The van der Waals surface area contributed by atoms with Crippen molar-refractivity contribution in [3.05, 3.63) is 328 Å². The average molecular weight is 1070 g/mol. The van der Waals surface area contributed by atoms with E-state index in [1.54, 1.807) is 0 Å². The van der Waals surface area contributed by atoms with Gasteiger partial charge in [0, 0.05) is 0 Å². The zero-order chi connectivity index (χ0) is 55.2. The van der Waals surface area contributed by atoms with E-state index in [-0.39, 0.29) is 0 Å². The smallest absolute Gasteiger partial charge is 0.100 e. The fourth-order valence-corrected chi connectivity index (χ4v) is 18.4. The first-order valence-corrected chi connectivity index (χ1v) is 31.6. The highest BCUT2D eigenvalue weighted by Crippen LogP contribution is 2.26. The maximum Gasteiger partial charge on any atom is 0.231 e. The molecular weight excluding hydrogens is 1020 g/mol. The van der Waals surface area contributed by atoms with Gasteiger partial charge >= 0.3 is 0 Å². The van der Waals surface area contributed by atoms with Gasteiger partial charge in [-0.05, 0) is 133 Å². The first-order valence-electron chi connectivity index (χ1n) is 27.6. The van der Waals surface area contributed by atoms with Gasteiger partial charge in [-0.2, -0.15) is 0 Å². The molecule has 0 heterocycles. The molecule has 0 fully saturated rings. The van der Waals surface area contributed by atoms with Gasteiger partial charge in [0.2, 0.25) is 16.1 Å². The highest BCUT2D eigenvalue weighted by Gasteiger charge is 2.40. The third-order valence-corrected chi connectivity index (χ3v) is 23.6. The minimum atomic E-state index is -3.12. The minimum absolute atomic E-state index is 1.15. The first kappa shape index (κ1) is 52.0. The van der Waals surface area contributed by atoms with Crippen molar-refractivity contribution in [3.8, 4) is 113 Å². The first-order chi connectivity index (χ1) is 40.6. The van der Waals surface area contributed by atoms with Crippen LogP contribution in [0.1, 0.15) is 0 Å². The minimum Gasteiger partial charge on any atom is -0.100 e. The quantitative estimate of drug-likeness (QED) is 0.0650. The van der Waals surface area contributed by atoms with E-state index in [0.29, 0.717) is 0 Å². The van der Waals surface area contributed by atoms with Gasteiger partial charge in [0.15, 0.2) is 0 Å². The Bertz CT molecular complexity index is 3650. The Morgan fingerprint density at radius 3 is 0.427 bits per heavy atom. The van der Waals surface area contributed by atoms with Gasteiger partial charge in [-0.3, -0.25) is 0 Å². The van der Waals surface area contributed by atoms with E-state index in [1.165, 1.54) is 64.5 Å². The van der Waals surface area contributed by atoms with Crippen LogP contribution in [-0.2, 0) is 0 Å². The molecule has 0 saturated carbocycles. The van der Waals surface area contributed by atoms with Crippen LogP contribution in [0, 0.1) is 46.6 Å². The molecule has 2 heteroatoms. The van der Waals surface area contributed by atoms with Crippen LogP contribution in [0.25, 0.3) is 66.8 Å². The molecule has 0 unspecified atom stereocenters. The average Bonchev–Trinajstić information content (AvgIpc) is 3.73. The summed E-state index contributed by atoms with van der Waals surface area (Å²) < 4.78 is 0. The molecule has 12 rings (SSSR count). The van der Waals surface area contributed by atoms with E-state index in [1.807, 2.05) is 0 Å². The van der Waals surface area contributed by atoms with E-state index in [2.05, 4.69) is 374 Å². The lowest BCUT2D eigenvalue weighted by Crippen LogP contribution is -2.66. The van der Waals surface area contributed by atoms with Crippen molar-refractivity contribution >= 4 is 47.3 Å². The molecule has 0 aromatic heterocycles. The van der Waals surface area contributed by atoms with Gasteiger partial charge in [0.1, 0.15) is 0 Å². The summed E-state index contributed by atoms with van der Waals surface area (Å²) in [5, 5.41) is 7.03. The molecule has 0 spiro atoms. The standard InChI is InChI=1S/C80H54Si2/c1(3-23-61-81(75-49-37-69(38-50-75)63-25-11-5-12-26-63,76-51-39-70(40-52-76)64-27-13-6-14-28-64)77-53-41-71(42-54-77)65-29-15-7-16-30-65)2-4-24-62-82(78-55-43-72(44-56-78)66-31-17-8-18-32-66,79-57-45-73(46-58-79)67-33-19-9-20-34-67)80-59-47-74(48-60-80)68-35-21-10-22-36-68/h5-22,25-60H. The van der Waals surface area contributed by atoms with Crippen LogP contribution in [0.4, 0.5) is 0 Å². The lowest BCUT2D eigenvalue weighted by Gasteiger charge is -2.28. The van der Waals surface area contributed by atoms with Gasteiger partial charge in [0.05, 0.1) is 0 Å². The summed E-state index contributed by atoms with van der Waals surface area (Å²) in [6, 6.07) is 117. The predicted octanol–water partition coefficient (Wildman–Crippen LogP) is 14.4. The molecule has 12 aromatic rings. The lowest BCUT2D eigenvalue weighted by atomic mass is 10.1. The molecule has 82 heavy (non-hydrogen) atoms. The molecule has 0 aliphatic rings. The van der Waals surface area contributed by atoms with Crippen LogP contribution >= 0.6 is 0 Å². The van der Waals surface area contributed by atoms with E-state index >= 15 is 0 Å². The summed E-state index contributed by atoms with van der Waals surface area (Å²) >= 11 is 0. The number of rotatable bonds is 12. The van der Waals surface area contributed by atoms with Gasteiger partial charge in [0.25, 0.3) is 0 Å². The van der Waals surface area contributed by atoms with Crippen molar-refractivity contribution in [2.24, 2.45) is 0 Å². The van der Waals surface area contributed by atoms with E-state index in [9.17, 15) is 0 Å². The Balaban J connectivity index is 0.981. The molecule has 0 nitrogen and oxygen atoms in total. The van der Waals surface area contributed by atoms with Crippen LogP contribution in [0.2, 0.25) is 0 Å². The molecule has 382 valence electrons. The molecule has 0 aliphatic carbocycles. The maximum absolute atomic E-state index is 3.91. The molecule has 0 aliphatic heterocycles. The molecule has 0 saturated heterocycles. The summed E-state index contributed by atoms with van der Waals surface area (Å²) in [6.07, 6.45) is 0. The Hall–Kier alpha value is -10.7. The predicted molar refractivity (Wildman–Crippen MR) is 352 cm³/mol. The van der Waals surface area contributed by atoms with Crippen LogP contribution in [0.15, 0.2) is 328 Å². The highest BCUT2D eigenvalue weighted by atomic mass is 28.3. The van der Waals surface area contributed by atoms with Gasteiger partial charge < -0.3 is 0 Å². The van der Waals surface area contributed by atoms with Crippen LogP contribution in [0.5, 0.6) is 0 Å². The number of hydrogen-bond donors (Lipinski definition) is 0. The fourth-order valence-electron chi connectivity index (χ4n) is 11.1. The van der Waals surface area contributed by atoms with Gasteiger partial charge in [-0.1, -0.05) is 328 Å². The third-order valence-electron chi connectivity index (χ3n) is 15.4. The summed E-state index contributed by atoms with van der Waals surface area (Å²) in [4.78, 5) is 0. The second-order valence-corrected chi connectivity index (χ2v) is 27.1. The largest absolute Gasteiger partial charge is 0.231 e. The van der Waals surface area contributed by atoms with Crippen LogP contribution in [0.3, 0.4) is 0 Å². The molecule has 0 atom stereocenters. The van der Waals surface area contributed by atoms with Crippen molar-refractivity contribution in [2.45, 2.75) is 0 Å². The molecule has 0 amide bonds. The second-order valence-electron chi connectivity index (χ2n) is 20.2. The zero-order valence-corrected chi connectivity index (χ0v) is 47.2. The molecular formula is C80H54Si2. The monoisotopic (exact) mass is 1070 g/mol. The van der Waals surface area contributed by atoms with Gasteiger partial charge in [-0.25, -0.2) is 0 Å². The zero-order valence-electron chi connectivity index (χ0n) is 45.2. The summed E-state index contributed by atoms with van der Waals surface area (Å²) in [6.45, 7) is 0. The fraction of sp³-hybridized carbons (Fsp3) is 0. The molecule has 0 radical (unpaired) electrons. The van der Waals surface area contributed by atoms with Crippen molar-refractivity contribution in [1.29, 1.82) is 0 Å². The summed E-state index contributed by atoms with van der Waals surface area (Å²) in [5.41, 5.74) is 21.7. The van der Waals surface area contributed by atoms with E-state index < -0.39 is 16.1 Å². The Kier molecular flexibility index (Phi) is 15.6. The molecule has 0 bridgehead atoms. The van der Waals surface area contributed by atoms with Crippen molar-refractivity contribution < 1.29 is 0 Å². The Morgan fingerprint density at radius 1 is 0.134 bits per heavy atom. The van der Waals surface area contributed by atoms with Crippen LogP contribution in [-0.4, -0.2) is 16.1 Å². The van der Waals surface area contributed by atoms with E-state index in [0.717, 1.165) is 33.4 Å². The summed E-state index contributed by atoms with van der Waals surface area (Å²) in [5.74, 6) is 19.5.